The van der Waals surface area contributed by atoms with E-state index in [1.807, 2.05) is 0 Å². The summed E-state index contributed by atoms with van der Waals surface area (Å²) in [5, 5.41) is 0. The van der Waals surface area contributed by atoms with Gasteiger partial charge in [0, 0.05) is 11.1 Å². The number of hydrogen-bond acceptors (Lipinski definition) is 0. The zero-order valence-electron chi connectivity index (χ0n) is 16.7. The maximum atomic E-state index is 15.0. The number of benzene rings is 2. The summed E-state index contributed by atoms with van der Waals surface area (Å²) in [7, 11) is 0. The van der Waals surface area contributed by atoms with Crippen molar-refractivity contribution in [2.75, 3.05) is 0 Å². The number of halogens is 4. The van der Waals surface area contributed by atoms with Crippen molar-refractivity contribution >= 4 is 0 Å². The van der Waals surface area contributed by atoms with Crippen molar-refractivity contribution in [1.29, 1.82) is 0 Å². The van der Waals surface area contributed by atoms with E-state index in [0.29, 0.717) is 22.3 Å². The van der Waals surface area contributed by atoms with Crippen LogP contribution in [0.4, 0.5) is 17.6 Å². The fourth-order valence-electron chi connectivity index (χ4n) is 3.86. The highest BCUT2D eigenvalue weighted by Gasteiger charge is 2.29. The molecule has 0 fully saturated rings. The zero-order valence-corrected chi connectivity index (χ0v) is 16.7. The van der Waals surface area contributed by atoms with Crippen molar-refractivity contribution in [1.82, 2.24) is 0 Å². The smallest absolute Gasteiger partial charge is 0.167 e. The van der Waals surface area contributed by atoms with Gasteiger partial charge in [-0.2, -0.15) is 0 Å². The summed E-state index contributed by atoms with van der Waals surface area (Å²) in [5.41, 5.74) is 2.19. The van der Waals surface area contributed by atoms with E-state index in [4.69, 9.17) is 0 Å². The largest absolute Gasteiger partial charge is 0.203 e. The first-order valence-corrected chi connectivity index (χ1v) is 8.89. The van der Waals surface area contributed by atoms with E-state index in [9.17, 15) is 17.6 Å². The minimum absolute atomic E-state index is 0.184. The Kier molecular flexibility index (Phi) is 5.55. The molecule has 0 unspecified atom stereocenters. The quantitative estimate of drug-likeness (QED) is 0.497. The third-order valence-corrected chi connectivity index (χ3v) is 5.39. The van der Waals surface area contributed by atoms with Crippen LogP contribution in [0.5, 0.6) is 0 Å². The Morgan fingerprint density at radius 3 is 0.962 bits per heavy atom. The molecule has 0 bridgehead atoms. The summed E-state index contributed by atoms with van der Waals surface area (Å²) in [4.78, 5) is 0. The maximum absolute atomic E-state index is 15.0. The normalized spacial score (nSPS) is 11.8. The van der Waals surface area contributed by atoms with Crippen LogP contribution < -0.4 is 0 Å². The summed E-state index contributed by atoms with van der Waals surface area (Å²) in [6, 6.07) is 0. The van der Waals surface area contributed by atoms with Crippen molar-refractivity contribution in [3.8, 4) is 11.1 Å². The van der Waals surface area contributed by atoms with Crippen molar-refractivity contribution in [2.45, 2.75) is 67.2 Å². The third kappa shape index (κ3) is 2.93. The molecule has 2 rings (SSSR count). The van der Waals surface area contributed by atoms with Crippen molar-refractivity contribution in [3.05, 3.63) is 56.6 Å². The van der Waals surface area contributed by atoms with E-state index in [-0.39, 0.29) is 34.1 Å². The van der Waals surface area contributed by atoms with Gasteiger partial charge in [0.2, 0.25) is 0 Å². The van der Waals surface area contributed by atoms with E-state index in [0.717, 1.165) is 0 Å². The molecule has 0 amide bonds. The lowest BCUT2D eigenvalue weighted by Gasteiger charge is -2.23. The summed E-state index contributed by atoms with van der Waals surface area (Å²) >= 11 is 0. The Morgan fingerprint density at radius 2 is 0.731 bits per heavy atom. The van der Waals surface area contributed by atoms with Crippen LogP contribution in [0, 0.1) is 51.0 Å². The average Bonchev–Trinajstić information content (AvgIpc) is 2.54. The molecule has 2 aromatic carbocycles. The van der Waals surface area contributed by atoms with E-state index in [1.165, 1.54) is 0 Å². The van der Waals surface area contributed by atoms with Crippen LogP contribution in [0.2, 0.25) is 0 Å². The van der Waals surface area contributed by atoms with Gasteiger partial charge in [-0.15, -0.1) is 0 Å². The molecule has 0 atom stereocenters. The highest BCUT2D eigenvalue weighted by molar-refractivity contribution is 5.75. The second-order valence-electron chi connectivity index (χ2n) is 7.64. The van der Waals surface area contributed by atoms with E-state index in [2.05, 4.69) is 0 Å². The fraction of sp³-hybridized carbons (Fsp3) is 0.455. The van der Waals surface area contributed by atoms with Gasteiger partial charge in [0.25, 0.3) is 0 Å². The minimum atomic E-state index is -1.12. The van der Waals surface area contributed by atoms with Crippen molar-refractivity contribution < 1.29 is 17.6 Å². The lowest BCUT2D eigenvalue weighted by molar-refractivity contribution is 0.484. The molecule has 0 aliphatic carbocycles. The Balaban J connectivity index is 3.00. The molecule has 0 spiro atoms. The highest BCUT2D eigenvalue weighted by Crippen LogP contribution is 2.41. The van der Waals surface area contributed by atoms with Crippen LogP contribution in [0.3, 0.4) is 0 Å². The van der Waals surface area contributed by atoms with Gasteiger partial charge in [0.15, 0.2) is 23.3 Å². The Labute approximate surface area is 153 Å². The minimum Gasteiger partial charge on any atom is -0.203 e. The first-order valence-electron chi connectivity index (χ1n) is 8.89. The standard InChI is InChI=1S/C22H26F4/c1-9(2)15-11(5)13(7)17(21(25)19(15)23)18-14(8)12(6)16(10(3)4)20(24)22(18)26/h9-10H,1-8H3. The Bertz CT molecular complexity index is 745. The summed E-state index contributed by atoms with van der Waals surface area (Å²) in [6.45, 7) is 13.7. The van der Waals surface area contributed by atoms with Crippen molar-refractivity contribution in [3.63, 3.8) is 0 Å². The van der Waals surface area contributed by atoms with Crippen LogP contribution >= 0.6 is 0 Å². The second-order valence-corrected chi connectivity index (χ2v) is 7.64. The molecule has 0 N–H and O–H groups in total. The number of rotatable bonds is 3. The van der Waals surface area contributed by atoms with Crippen molar-refractivity contribution in [2.24, 2.45) is 0 Å². The molecule has 0 aliphatic rings. The van der Waals surface area contributed by atoms with Gasteiger partial charge in [-0.1, -0.05) is 27.7 Å². The van der Waals surface area contributed by atoms with Crippen LogP contribution in [0.15, 0.2) is 0 Å². The summed E-state index contributed by atoms with van der Waals surface area (Å²) in [5.74, 6) is -4.63. The molecule has 0 saturated carbocycles. The molecular formula is C22H26F4. The third-order valence-electron chi connectivity index (χ3n) is 5.39. The van der Waals surface area contributed by atoms with Gasteiger partial charge >= 0.3 is 0 Å². The monoisotopic (exact) mass is 366 g/mol. The molecule has 0 heterocycles. The topological polar surface area (TPSA) is 0 Å². The Morgan fingerprint density at radius 1 is 0.462 bits per heavy atom. The SMILES string of the molecule is Cc1c(C)c(C(C)C)c(F)c(F)c1-c1c(C)c(C)c(C(C)C)c(F)c1F. The molecule has 2 aromatic rings. The lowest BCUT2D eigenvalue weighted by Crippen LogP contribution is -2.11. The molecule has 142 valence electrons. The lowest BCUT2D eigenvalue weighted by atomic mass is 9.83. The molecule has 0 aliphatic heterocycles. The van der Waals surface area contributed by atoms with Gasteiger partial charge in [-0.25, -0.2) is 17.6 Å². The first-order chi connectivity index (χ1) is 11.9. The first kappa shape index (κ1) is 20.5. The van der Waals surface area contributed by atoms with Crippen LogP contribution in [-0.2, 0) is 0 Å². The molecular weight excluding hydrogens is 340 g/mol. The number of hydrogen-bond donors (Lipinski definition) is 0. The van der Waals surface area contributed by atoms with Crippen LogP contribution in [0.25, 0.3) is 11.1 Å². The average molecular weight is 366 g/mol. The second kappa shape index (κ2) is 7.05. The van der Waals surface area contributed by atoms with Gasteiger partial charge in [0.05, 0.1) is 0 Å². The molecule has 0 radical (unpaired) electrons. The predicted molar refractivity (Wildman–Crippen MR) is 98.8 cm³/mol. The summed E-state index contributed by atoms with van der Waals surface area (Å²) < 4.78 is 59.4. The molecule has 26 heavy (non-hydrogen) atoms. The van der Waals surface area contributed by atoms with Crippen LogP contribution in [0.1, 0.15) is 72.9 Å². The van der Waals surface area contributed by atoms with Crippen LogP contribution in [-0.4, -0.2) is 0 Å². The van der Waals surface area contributed by atoms with E-state index in [1.54, 1.807) is 55.4 Å². The van der Waals surface area contributed by atoms with E-state index < -0.39 is 23.3 Å². The molecule has 0 nitrogen and oxygen atoms in total. The maximum Gasteiger partial charge on any atom is 0.167 e. The highest BCUT2D eigenvalue weighted by atomic mass is 19.2. The molecule has 0 aromatic heterocycles. The van der Waals surface area contributed by atoms with Gasteiger partial charge in [-0.3, -0.25) is 0 Å². The predicted octanol–water partition coefficient (Wildman–Crippen LogP) is 7.39. The zero-order chi connectivity index (χ0) is 20.1. The summed E-state index contributed by atoms with van der Waals surface area (Å²) in [6.07, 6.45) is 0. The van der Waals surface area contributed by atoms with Gasteiger partial charge in [-0.05, 0) is 72.9 Å². The molecule has 0 saturated heterocycles. The Hall–Kier alpha value is -1.84. The molecule has 4 heteroatoms. The van der Waals surface area contributed by atoms with Gasteiger partial charge in [0.1, 0.15) is 0 Å². The van der Waals surface area contributed by atoms with E-state index >= 15 is 0 Å². The fourth-order valence-corrected chi connectivity index (χ4v) is 3.86. The van der Waals surface area contributed by atoms with Gasteiger partial charge < -0.3 is 0 Å².